The fraction of sp³-hybridized carbons (Fsp3) is 1.00. The molecule has 3 nitrogen and oxygen atoms in total. The number of likely N-dealkylation sites (tertiary alicyclic amines) is 1. The minimum absolute atomic E-state index is 0.521. The number of nitrogens with zero attached hydrogens (tertiary/aromatic N) is 2. The molecule has 20 heavy (non-hydrogen) atoms. The quantitative estimate of drug-likeness (QED) is 0.807. The van der Waals surface area contributed by atoms with Crippen molar-refractivity contribution in [2.45, 2.75) is 51.5 Å². The van der Waals surface area contributed by atoms with Gasteiger partial charge in [0.25, 0.3) is 0 Å². The second-order valence-electron chi connectivity index (χ2n) is 7.69. The van der Waals surface area contributed by atoms with Gasteiger partial charge in [0, 0.05) is 25.7 Å². The predicted octanol–water partition coefficient (Wildman–Crippen LogP) is 2.43. The molecular weight excluding hydrogens is 246 g/mol. The molecule has 0 aromatic heterocycles. The van der Waals surface area contributed by atoms with E-state index in [0.29, 0.717) is 5.41 Å². The van der Waals surface area contributed by atoms with Gasteiger partial charge in [-0.25, -0.2) is 0 Å². The molecule has 0 spiro atoms. The van der Waals surface area contributed by atoms with Crippen molar-refractivity contribution in [3.63, 3.8) is 0 Å². The topological polar surface area (TPSA) is 18.5 Å². The zero-order valence-corrected chi connectivity index (χ0v) is 14.1. The van der Waals surface area contributed by atoms with Gasteiger partial charge in [0.15, 0.2) is 0 Å². The summed E-state index contributed by atoms with van der Waals surface area (Å²) >= 11 is 0. The summed E-state index contributed by atoms with van der Waals surface area (Å²) in [5, 5.41) is 3.46. The third kappa shape index (κ3) is 4.19. The Bertz CT molecular complexity index is 284. The molecule has 3 heteroatoms. The lowest BCUT2D eigenvalue weighted by Gasteiger charge is -2.42. The first-order chi connectivity index (χ1) is 9.54. The molecule has 0 radical (unpaired) electrons. The first kappa shape index (κ1) is 16.3. The van der Waals surface area contributed by atoms with Gasteiger partial charge in [-0.1, -0.05) is 19.8 Å². The van der Waals surface area contributed by atoms with Gasteiger partial charge in [0.2, 0.25) is 0 Å². The summed E-state index contributed by atoms with van der Waals surface area (Å²) in [7, 11) is 6.74. The third-order valence-electron chi connectivity index (χ3n) is 5.69. The molecule has 2 aliphatic rings. The van der Waals surface area contributed by atoms with Crippen LogP contribution in [0.3, 0.4) is 0 Å². The lowest BCUT2D eigenvalue weighted by Crippen LogP contribution is -2.47. The maximum absolute atomic E-state index is 3.46. The second-order valence-corrected chi connectivity index (χ2v) is 7.69. The number of hydrogen-bond acceptors (Lipinski definition) is 3. The third-order valence-corrected chi connectivity index (χ3v) is 5.69. The summed E-state index contributed by atoms with van der Waals surface area (Å²) in [6.45, 7) is 7.41. The number of rotatable bonds is 6. The van der Waals surface area contributed by atoms with E-state index in [1.54, 1.807) is 0 Å². The van der Waals surface area contributed by atoms with Crippen molar-refractivity contribution in [1.82, 2.24) is 15.1 Å². The Morgan fingerprint density at radius 2 is 1.95 bits per heavy atom. The first-order valence-corrected chi connectivity index (χ1v) is 8.58. The molecule has 1 saturated carbocycles. The van der Waals surface area contributed by atoms with Gasteiger partial charge >= 0.3 is 0 Å². The molecule has 0 aromatic rings. The summed E-state index contributed by atoms with van der Waals surface area (Å²) < 4.78 is 0. The van der Waals surface area contributed by atoms with Gasteiger partial charge in [-0.05, 0) is 64.7 Å². The largest absolute Gasteiger partial charge is 0.319 e. The van der Waals surface area contributed by atoms with Crippen molar-refractivity contribution in [2.24, 2.45) is 11.3 Å². The smallest absolute Gasteiger partial charge is 0.0220 e. The molecule has 118 valence electrons. The molecular formula is C17H35N3. The van der Waals surface area contributed by atoms with Gasteiger partial charge in [-0.2, -0.15) is 0 Å². The monoisotopic (exact) mass is 281 g/mol. The molecule has 1 saturated heterocycles. The number of nitrogens with one attached hydrogen (secondary N) is 1. The van der Waals surface area contributed by atoms with Crippen molar-refractivity contribution in [1.29, 1.82) is 0 Å². The molecule has 1 unspecified atom stereocenters. The van der Waals surface area contributed by atoms with Crippen LogP contribution in [-0.2, 0) is 0 Å². The SMILES string of the molecule is CNCC1(CN(C)CC2CCCN2C)CCC(C)CC1. The van der Waals surface area contributed by atoms with Gasteiger partial charge < -0.3 is 15.1 Å². The van der Waals surface area contributed by atoms with Crippen LogP contribution in [0.5, 0.6) is 0 Å². The predicted molar refractivity (Wildman–Crippen MR) is 87.1 cm³/mol. The zero-order chi connectivity index (χ0) is 14.6. The maximum atomic E-state index is 3.46. The minimum atomic E-state index is 0.521. The van der Waals surface area contributed by atoms with E-state index in [1.807, 2.05) is 0 Å². The minimum Gasteiger partial charge on any atom is -0.319 e. The molecule has 0 amide bonds. The summed E-state index contributed by atoms with van der Waals surface area (Å²) in [6.07, 6.45) is 8.41. The lowest BCUT2D eigenvalue weighted by molar-refractivity contribution is 0.0893. The summed E-state index contributed by atoms with van der Waals surface area (Å²) in [6, 6.07) is 0.786. The van der Waals surface area contributed by atoms with E-state index in [9.17, 15) is 0 Å². The summed E-state index contributed by atoms with van der Waals surface area (Å²) in [4.78, 5) is 5.16. The molecule has 2 rings (SSSR count). The Labute approximate surface area is 126 Å². The van der Waals surface area contributed by atoms with Crippen LogP contribution >= 0.6 is 0 Å². The Kier molecular flexibility index (Phi) is 5.88. The Morgan fingerprint density at radius 3 is 2.50 bits per heavy atom. The molecule has 0 aromatic carbocycles. The van der Waals surface area contributed by atoms with Crippen LogP contribution in [-0.4, -0.2) is 63.2 Å². The van der Waals surface area contributed by atoms with E-state index in [0.717, 1.165) is 12.0 Å². The van der Waals surface area contributed by atoms with Crippen LogP contribution in [0.4, 0.5) is 0 Å². The van der Waals surface area contributed by atoms with E-state index < -0.39 is 0 Å². The van der Waals surface area contributed by atoms with E-state index in [2.05, 4.69) is 43.2 Å². The molecule has 1 heterocycles. The highest BCUT2D eigenvalue weighted by Crippen LogP contribution is 2.39. The lowest BCUT2D eigenvalue weighted by atomic mass is 9.70. The van der Waals surface area contributed by atoms with Crippen LogP contribution in [0.1, 0.15) is 45.4 Å². The van der Waals surface area contributed by atoms with Crippen molar-refractivity contribution in [2.75, 3.05) is 47.3 Å². The fourth-order valence-corrected chi connectivity index (χ4v) is 4.35. The highest BCUT2D eigenvalue weighted by molar-refractivity contribution is 4.90. The van der Waals surface area contributed by atoms with Crippen LogP contribution in [0.15, 0.2) is 0 Å². The first-order valence-electron chi connectivity index (χ1n) is 8.58. The van der Waals surface area contributed by atoms with E-state index in [-0.39, 0.29) is 0 Å². The number of likely N-dealkylation sites (N-methyl/N-ethyl adjacent to an activating group) is 2. The van der Waals surface area contributed by atoms with Gasteiger partial charge in [0.1, 0.15) is 0 Å². The fourth-order valence-electron chi connectivity index (χ4n) is 4.35. The van der Waals surface area contributed by atoms with E-state index in [1.165, 1.54) is 64.7 Å². The van der Waals surface area contributed by atoms with E-state index in [4.69, 9.17) is 0 Å². The molecule has 2 fully saturated rings. The van der Waals surface area contributed by atoms with Gasteiger partial charge in [-0.15, -0.1) is 0 Å². The molecule has 0 bridgehead atoms. The Morgan fingerprint density at radius 1 is 1.25 bits per heavy atom. The van der Waals surface area contributed by atoms with Crippen molar-refractivity contribution < 1.29 is 0 Å². The Hall–Kier alpha value is -0.120. The molecule has 1 atom stereocenters. The van der Waals surface area contributed by atoms with Crippen molar-refractivity contribution >= 4 is 0 Å². The maximum Gasteiger partial charge on any atom is 0.0220 e. The highest BCUT2D eigenvalue weighted by Gasteiger charge is 2.35. The number of hydrogen-bond donors (Lipinski definition) is 1. The van der Waals surface area contributed by atoms with Crippen LogP contribution in [0, 0.1) is 11.3 Å². The van der Waals surface area contributed by atoms with Crippen LogP contribution < -0.4 is 5.32 Å². The second kappa shape index (κ2) is 7.24. The molecule has 1 N–H and O–H groups in total. The van der Waals surface area contributed by atoms with Crippen LogP contribution in [0.2, 0.25) is 0 Å². The summed E-state index contributed by atoms with van der Waals surface area (Å²) in [5.41, 5.74) is 0.521. The average Bonchev–Trinajstić information content (AvgIpc) is 2.79. The Balaban J connectivity index is 1.87. The van der Waals surface area contributed by atoms with Crippen molar-refractivity contribution in [3.8, 4) is 0 Å². The van der Waals surface area contributed by atoms with Gasteiger partial charge in [-0.3, -0.25) is 0 Å². The standard InChI is InChI=1S/C17H35N3/c1-15-7-9-17(10-8-15,13-18-2)14-19(3)12-16-6-5-11-20(16)4/h15-16,18H,5-14H2,1-4H3. The van der Waals surface area contributed by atoms with Crippen molar-refractivity contribution in [3.05, 3.63) is 0 Å². The molecule has 1 aliphatic heterocycles. The average molecular weight is 281 g/mol. The van der Waals surface area contributed by atoms with Crippen LogP contribution in [0.25, 0.3) is 0 Å². The summed E-state index contributed by atoms with van der Waals surface area (Å²) in [5.74, 6) is 0.936. The van der Waals surface area contributed by atoms with Gasteiger partial charge in [0.05, 0.1) is 0 Å². The molecule has 1 aliphatic carbocycles. The highest BCUT2D eigenvalue weighted by atomic mass is 15.2. The normalized spacial score (nSPS) is 35.9. The van der Waals surface area contributed by atoms with E-state index >= 15 is 0 Å². The zero-order valence-electron chi connectivity index (χ0n) is 14.1.